The first-order valence-electron chi connectivity index (χ1n) is 4.92. The Morgan fingerprint density at radius 3 is 1.93 bits per heavy atom. The zero-order valence-corrected chi connectivity index (χ0v) is 9.61. The molecule has 1 rings (SSSR count). The van der Waals surface area contributed by atoms with Crippen LogP contribution < -0.4 is 4.90 Å². The van der Waals surface area contributed by atoms with Gasteiger partial charge >= 0.3 is 0 Å². The lowest BCUT2D eigenvalue weighted by atomic mass is 10.2. The van der Waals surface area contributed by atoms with Gasteiger partial charge in [0.05, 0.1) is 0 Å². The van der Waals surface area contributed by atoms with Crippen LogP contribution in [0.15, 0.2) is 12.1 Å². The van der Waals surface area contributed by atoms with Crippen LogP contribution in [0, 0.1) is 11.6 Å². The van der Waals surface area contributed by atoms with E-state index in [1.54, 1.807) is 4.90 Å². The fourth-order valence-electron chi connectivity index (χ4n) is 1.54. The monoisotopic (exact) mass is 233 g/mol. The fraction of sp³-hybridized carbons (Fsp3) is 0.455. The van der Waals surface area contributed by atoms with Crippen LogP contribution in [0.5, 0.6) is 0 Å². The second-order valence-electron chi connectivity index (χ2n) is 3.21. The fourth-order valence-corrected chi connectivity index (χ4v) is 1.69. The minimum atomic E-state index is -0.547. The molecule has 0 N–H and O–H groups in total. The van der Waals surface area contributed by atoms with Crippen molar-refractivity contribution in [3.8, 4) is 0 Å². The molecule has 0 unspecified atom stereocenters. The van der Waals surface area contributed by atoms with Crippen molar-refractivity contribution in [1.29, 1.82) is 0 Å². The van der Waals surface area contributed by atoms with Crippen molar-refractivity contribution in [3.63, 3.8) is 0 Å². The molecule has 0 radical (unpaired) electrons. The van der Waals surface area contributed by atoms with Crippen LogP contribution >= 0.6 is 11.6 Å². The van der Waals surface area contributed by atoms with Crippen molar-refractivity contribution >= 4 is 17.3 Å². The number of alkyl halides is 1. The minimum absolute atomic E-state index is 0.0360. The predicted molar refractivity (Wildman–Crippen MR) is 59.5 cm³/mol. The van der Waals surface area contributed by atoms with Gasteiger partial charge in [-0.25, -0.2) is 8.78 Å². The summed E-state index contributed by atoms with van der Waals surface area (Å²) in [7, 11) is 0. The lowest BCUT2D eigenvalue weighted by molar-refractivity contribution is 0.572. The lowest BCUT2D eigenvalue weighted by Crippen LogP contribution is -2.24. The van der Waals surface area contributed by atoms with E-state index in [1.807, 2.05) is 13.8 Å². The van der Waals surface area contributed by atoms with Gasteiger partial charge in [-0.1, -0.05) is 0 Å². The van der Waals surface area contributed by atoms with Crippen molar-refractivity contribution in [1.82, 2.24) is 0 Å². The summed E-state index contributed by atoms with van der Waals surface area (Å²) in [6, 6.07) is 2.56. The summed E-state index contributed by atoms with van der Waals surface area (Å²) >= 11 is 5.52. The number of halogens is 3. The first kappa shape index (κ1) is 12.2. The Kier molecular flexibility index (Phi) is 4.33. The van der Waals surface area contributed by atoms with Gasteiger partial charge in [-0.3, -0.25) is 0 Å². The van der Waals surface area contributed by atoms with Crippen molar-refractivity contribution in [3.05, 3.63) is 29.3 Å². The third-order valence-corrected chi connectivity index (χ3v) is 2.62. The normalized spacial score (nSPS) is 10.5. The van der Waals surface area contributed by atoms with Gasteiger partial charge in [0.2, 0.25) is 0 Å². The van der Waals surface area contributed by atoms with Gasteiger partial charge in [-0.2, -0.15) is 0 Å². The molecule has 1 aromatic carbocycles. The highest BCUT2D eigenvalue weighted by Crippen LogP contribution is 2.25. The van der Waals surface area contributed by atoms with Gasteiger partial charge in [-0.05, 0) is 31.5 Å². The number of rotatable bonds is 4. The number of benzene rings is 1. The molecule has 0 aliphatic carbocycles. The molecule has 0 heterocycles. The van der Waals surface area contributed by atoms with Gasteiger partial charge in [-0.15, -0.1) is 11.6 Å². The Hall–Kier alpha value is -0.830. The van der Waals surface area contributed by atoms with E-state index >= 15 is 0 Å². The molecule has 0 atom stereocenters. The number of hydrogen-bond acceptors (Lipinski definition) is 1. The molecule has 1 aromatic rings. The molecule has 0 amide bonds. The number of anilines is 1. The minimum Gasteiger partial charge on any atom is -0.367 e. The van der Waals surface area contributed by atoms with Crippen molar-refractivity contribution in [2.24, 2.45) is 0 Å². The molecule has 0 saturated heterocycles. The first-order chi connectivity index (χ1) is 7.13. The topological polar surface area (TPSA) is 3.24 Å². The van der Waals surface area contributed by atoms with Gasteiger partial charge in [0.15, 0.2) is 0 Å². The van der Waals surface area contributed by atoms with Crippen molar-refractivity contribution in [2.45, 2.75) is 19.7 Å². The van der Waals surface area contributed by atoms with Crippen LogP contribution in [0.4, 0.5) is 14.5 Å². The molecular formula is C11H14ClF2N. The molecule has 0 spiro atoms. The molecule has 0 fully saturated rings. The SMILES string of the molecule is CCN(CC)c1c(F)cc(CCl)cc1F. The Morgan fingerprint density at radius 1 is 1.13 bits per heavy atom. The highest BCUT2D eigenvalue weighted by atomic mass is 35.5. The average Bonchev–Trinajstić information content (AvgIpc) is 2.23. The van der Waals surface area contributed by atoms with E-state index in [0.29, 0.717) is 18.7 Å². The number of hydrogen-bond donors (Lipinski definition) is 0. The summed E-state index contributed by atoms with van der Waals surface area (Å²) in [5, 5.41) is 0. The summed E-state index contributed by atoms with van der Waals surface area (Å²) in [5.74, 6) is -0.976. The van der Waals surface area contributed by atoms with Crippen molar-refractivity contribution < 1.29 is 8.78 Å². The van der Waals surface area contributed by atoms with Crippen LogP contribution in [0.3, 0.4) is 0 Å². The first-order valence-corrected chi connectivity index (χ1v) is 5.46. The van der Waals surface area contributed by atoms with Gasteiger partial charge < -0.3 is 4.90 Å². The predicted octanol–water partition coefficient (Wildman–Crippen LogP) is 3.55. The average molecular weight is 234 g/mol. The zero-order chi connectivity index (χ0) is 11.4. The standard InChI is InChI=1S/C11H14ClF2N/c1-3-15(4-2)11-9(13)5-8(7-12)6-10(11)14/h5-6H,3-4,7H2,1-2H3. The molecule has 1 nitrogen and oxygen atoms in total. The third kappa shape index (κ3) is 2.59. The largest absolute Gasteiger partial charge is 0.367 e. The maximum atomic E-state index is 13.6. The Labute approximate surface area is 93.7 Å². The highest BCUT2D eigenvalue weighted by molar-refractivity contribution is 6.17. The number of nitrogens with zero attached hydrogens (tertiary/aromatic N) is 1. The molecule has 4 heteroatoms. The van der Waals surface area contributed by atoms with Gasteiger partial charge in [0.1, 0.15) is 17.3 Å². The Bertz CT molecular complexity index is 314. The molecule has 0 saturated carbocycles. The smallest absolute Gasteiger partial charge is 0.149 e. The summed E-state index contributed by atoms with van der Waals surface area (Å²) in [4.78, 5) is 1.64. The van der Waals surface area contributed by atoms with Crippen LogP contribution in [-0.4, -0.2) is 13.1 Å². The maximum absolute atomic E-state index is 13.6. The van der Waals surface area contributed by atoms with Crippen LogP contribution in [0.2, 0.25) is 0 Å². The quantitative estimate of drug-likeness (QED) is 0.719. The third-order valence-electron chi connectivity index (χ3n) is 2.31. The van der Waals surface area contributed by atoms with E-state index in [4.69, 9.17) is 11.6 Å². The zero-order valence-electron chi connectivity index (χ0n) is 8.86. The Morgan fingerprint density at radius 2 is 1.60 bits per heavy atom. The second kappa shape index (κ2) is 5.31. The molecule has 0 aromatic heterocycles. The Balaban J connectivity index is 3.18. The molecule has 0 bridgehead atoms. The molecular weight excluding hydrogens is 220 g/mol. The van der Waals surface area contributed by atoms with Gasteiger partial charge in [0.25, 0.3) is 0 Å². The van der Waals surface area contributed by atoms with Crippen LogP contribution in [0.25, 0.3) is 0 Å². The van der Waals surface area contributed by atoms with E-state index in [-0.39, 0.29) is 11.6 Å². The second-order valence-corrected chi connectivity index (χ2v) is 3.48. The summed E-state index contributed by atoms with van der Waals surface area (Å²) in [6.07, 6.45) is 0. The summed E-state index contributed by atoms with van der Waals surface area (Å²) in [6.45, 7) is 4.87. The van der Waals surface area contributed by atoms with E-state index in [1.165, 1.54) is 12.1 Å². The van der Waals surface area contributed by atoms with Crippen LogP contribution in [-0.2, 0) is 5.88 Å². The molecule has 15 heavy (non-hydrogen) atoms. The van der Waals surface area contributed by atoms with E-state index in [0.717, 1.165) is 0 Å². The van der Waals surface area contributed by atoms with E-state index < -0.39 is 11.6 Å². The van der Waals surface area contributed by atoms with Crippen molar-refractivity contribution in [2.75, 3.05) is 18.0 Å². The molecule has 0 aliphatic heterocycles. The summed E-state index contributed by atoms with van der Waals surface area (Å²) in [5.41, 5.74) is 0.497. The maximum Gasteiger partial charge on any atom is 0.149 e. The molecule has 0 aliphatic rings. The molecule has 84 valence electrons. The highest BCUT2D eigenvalue weighted by Gasteiger charge is 2.15. The summed E-state index contributed by atoms with van der Waals surface area (Å²) < 4.78 is 27.2. The van der Waals surface area contributed by atoms with Crippen LogP contribution in [0.1, 0.15) is 19.4 Å². The van der Waals surface area contributed by atoms with E-state index in [9.17, 15) is 8.78 Å². The lowest BCUT2D eigenvalue weighted by Gasteiger charge is -2.22. The van der Waals surface area contributed by atoms with E-state index in [2.05, 4.69) is 0 Å². The van der Waals surface area contributed by atoms with Gasteiger partial charge in [0, 0.05) is 19.0 Å².